The van der Waals surface area contributed by atoms with Crippen LogP contribution in [0.2, 0.25) is 5.02 Å². The molecule has 3 rings (SSSR count). The summed E-state index contributed by atoms with van der Waals surface area (Å²) in [4.78, 5) is 0.157. The minimum absolute atomic E-state index is 0.157. The van der Waals surface area contributed by atoms with Crippen molar-refractivity contribution in [2.75, 3.05) is 19.7 Å². The van der Waals surface area contributed by atoms with Crippen LogP contribution < -0.4 is 0 Å². The van der Waals surface area contributed by atoms with Crippen molar-refractivity contribution < 1.29 is 17.5 Å². The molecular weight excluding hydrogens is 341 g/mol. The van der Waals surface area contributed by atoms with E-state index in [1.807, 2.05) is 0 Å². The Labute approximate surface area is 139 Å². The van der Waals surface area contributed by atoms with E-state index in [1.165, 1.54) is 28.6 Å². The van der Waals surface area contributed by atoms with Crippen LogP contribution in [-0.4, -0.2) is 32.4 Å². The highest BCUT2D eigenvalue weighted by atomic mass is 35.5. The lowest BCUT2D eigenvalue weighted by molar-refractivity contribution is -0.00258. The van der Waals surface area contributed by atoms with Crippen molar-refractivity contribution >= 4 is 21.6 Å². The van der Waals surface area contributed by atoms with E-state index in [0.717, 1.165) is 5.56 Å². The van der Waals surface area contributed by atoms with Crippen LogP contribution >= 0.6 is 11.6 Å². The van der Waals surface area contributed by atoms with Gasteiger partial charge in [-0.2, -0.15) is 4.31 Å². The van der Waals surface area contributed by atoms with Gasteiger partial charge in [-0.1, -0.05) is 29.8 Å². The van der Waals surface area contributed by atoms with Crippen LogP contribution in [0, 0.1) is 5.82 Å². The molecule has 23 heavy (non-hydrogen) atoms. The highest BCUT2D eigenvalue weighted by Gasteiger charge is 2.31. The number of morpholine rings is 1. The first kappa shape index (κ1) is 16.4. The van der Waals surface area contributed by atoms with Crippen molar-refractivity contribution in [3.05, 3.63) is 64.9 Å². The molecule has 1 aliphatic rings. The summed E-state index contributed by atoms with van der Waals surface area (Å²) in [5.74, 6) is -0.340. The van der Waals surface area contributed by atoms with Crippen molar-refractivity contribution in [3.8, 4) is 0 Å². The molecule has 0 saturated carbocycles. The molecule has 1 fully saturated rings. The van der Waals surface area contributed by atoms with E-state index < -0.39 is 16.1 Å². The van der Waals surface area contributed by atoms with Gasteiger partial charge in [-0.15, -0.1) is 0 Å². The van der Waals surface area contributed by atoms with E-state index in [-0.39, 0.29) is 30.4 Å². The Kier molecular flexibility index (Phi) is 4.68. The van der Waals surface area contributed by atoms with Crippen molar-refractivity contribution in [1.29, 1.82) is 0 Å². The fourth-order valence-corrected chi connectivity index (χ4v) is 4.23. The van der Waals surface area contributed by atoms with Gasteiger partial charge in [0.25, 0.3) is 0 Å². The zero-order chi connectivity index (χ0) is 16.4. The SMILES string of the molecule is O=S(=O)(c1cccc(Cl)c1)N1CCO[C@H](c2ccc(F)cc2)C1. The number of halogens is 2. The lowest BCUT2D eigenvalue weighted by Gasteiger charge is -2.32. The quantitative estimate of drug-likeness (QED) is 0.849. The van der Waals surface area contributed by atoms with Crippen LogP contribution in [0.1, 0.15) is 11.7 Å². The molecule has 1 heterocycles. The van der Waals surface area contributed by atoms with Crippen molar-refractivity contribution in [3.63, 3.8) is 0 Å². The zero-order valence-corrected chi connectivity index (χ0v) is 13.7. The first-order valence-electron chi connectivity index (χ1n) is 7.09. The molecule has 0 N–H and O–H groups in total. The molecule has 0 spiro atoms. The predicted molar refractivity (Wildman–Crippen MR) is 85.3 cm³/mol. The highest BCUT2D eigenvalue weighted by Crippen LogP contribution is 2.27. The second kappa shape index (κ2) is 6.57. The number of benzene rings is 2. The summed E-state index contributed by atoms with van der Waals surface area (Å²) in [5, 5.41) is 0.370. The van der Waals surface area contributed by atoms with Crippen molar-refractivity contribution in [1.82, 2.24) is 4.31 Å². The Morgan fingerprint density at radius 3 is 2.61 bits per heavy atom. The molecule has 2 aromatic rings. The Balaban J connectivity index is 1.84. The summed E-state index contributed by atoms with van der Waals surface area (Å²) in [5.41, 5.74) is 0.748. The van der Waals surface area contributed by atoms with Crippen LogP contribution in [0.15, 0.2) is 53.4 Å². The number of sulfonamides is 1. The van der Waals surface area contributed by atoms with Gasteiger partial charge in [0.05, 0.1) is 17.6 Å². The molecule has 7 heteroatoms. The topological polar surface area (TPSA) is 46.6 Å². The third-order valence-electron chi connectivity index (χ3n) is 3.70. The highest BCUT2D eigenvalue weighted by molar-refractivity contribution is 7.89. The molecule has 0 unspecified atom stereocenters. The maximum atomic E-state index is 13.0. The minimum Gasteiger partial charge on any atom is -0.371 e. The monoisotopic (exact) mass is 355 g/mol. The predicted octanol–water partition coefficient (Wildman–Crippen LogP) is 3.24. The maximum Gasteiger partial charge on any atom is 0.243 e. The van der Waals surface area contributed by atoms with Crippen LogP contribution in [0.4, 0.5) is 4.39 Å². The Morgan fingerprint density at radius 2 is 1.91 bits per heavy atom. The third kappa shape index (κ3) is 3.55. The Bertz CT molecular complexity index is 795. The van der Waals surface area contributed by atoms with Crippen LogP contribution in [0.5, 0.6) is 0 Å². The molecule has 0 amide bonds. The largest absolute Gasteiger partial charge is 0.371 e. The first-order valence-corrected chi connectivity index (χ1v) is 8.91. The second-order valence-electron chi connectivity index (χ2n) is 5.23. The Morgan fingerprint density at radius 1 is 1.17 bits per heavy atom. The van der Waals surface area contributed by atoms with Gasteiger partial charge >= 0.3 is 0 Å². The third-order valence-corrected chi connectivity index (χ3v) is 5.80. The molecule has 4 nitrogen and oxygen atoms in total. The summed E-state index contributed by atoms with van der Waals surface area (Å²) in [6.45, 7) is 0.731. The number of nitrogens with zero attached hydrogens (tertiary/aromatic N) is 1. The van der Waals surface area contributed by atoms with E-state index in [4.69, 9.17) is 16.3 Å². The first-order chi connectivity index (χ1) is 11.0. The molecule has 2 aromatic carbocycles. The lowest BCUT2D eigenvalue weighted by atomic mass is 10.1. The zero-order valence-electron chi connectivity index (χ0n) is 12.2. The minimum atomic E-state index is -3.64. The van der Waals surface area contributed by atoms with Gasteiger partial charge in [-0.25, -0.2) is 12.8 Å². The number of ether oxygens (including phenoxy) is 1. The molecular formula is C16H15ClFNO3S. The second-order valence-corrected chi connectivity index (χ2v) is 7.61. The van der Waals surface area contributed by atoms with Gasteiger partial charge in [0.15, 0.2) is 0 Å². The summed E-state index contributed by atoms with van der Waals surface area (Å²) < 4.78 is 45.5. The fourth-order valence-electron chi connectivity index (χ4n) is 2.50. The average Bonchev–Trinajstić information content (AvgIpc) is 2.56. The Hall–Kier alpha value is -1.47. The molecule has 0 aliphatic carbocycles. The lowest BCUT2D eigenvalue weighted by Crippen LogP contribution is -2.42. The van der Waals surface area contributed by atoms with Crippen LogP contribution in [0.25, 0.3) is 0 Å². The molecule has 1 aliphatic heterocycles. The number of hydrogen-bond acceptors (Lipinski definition) is 3. The molecule has 1 saturated heterocycles. The van der Waals surface area contributed by atoms with E-state index in [9.17, 15) is 12.8 Å². The van der Waals surface area contributed by atoms with E-state index in [0.29, 0.717) is 5.02 Å². The average molecular weight is 356 g/mol. The van der Waals surface area contributed by atoms with Gasteiger partial charge in [0, 0.05) is 18.1 Å². The van der Waals surface area contributed by atoms with Gasteiger partial charge < -0.3 is 4.74 Å². The molecule has 122 valence electrons. The van der Waals surface area contributed by atoms with E-state index >= 15 is 0 Å². The number of hydrogen-bond donors (Lipinski definition) is 0. The van der Waals surface area contributed by atoms with Crippen LogP contribution in [-0.2, 0) is 14.8 Å². The smallest absolute Gasteiger partial charge is 0.243 e. The summed E-state index contributed by atoms with van der Waals surface area (Å²) >= 11 is 5.89. The van der Waals surface area contributed by atoms with Gasteiger partial charge in [-0.3, -0.25) is 0 Å². The molecule has 0 aromatic heterocycles. The normalized spacial score (nSPS) is 19.7. The van der Waals surface area contributed by atoms with Crippen molar-refractivity contribution in [2.24, 2.45) is 0 Å². The standard InChI is InChI=1S/C16H15ClFNO3S/c17-13-2-1-3-15(10-13)23(20,21)19-8-9-22-16(11-19)12-4-6-14(18)7-5-12/h1-7,10,16H,8-9,11H2/t16-/m0/s1. The molecule has 1 atom stereocenters. The number of rotatable bonds is 3. The summed E-state index contributed by atoms with van der Waals surface area (Å²) in [6, 6.07) is 12.1. The van der Waals surface area contributed by atoms with E-state index in [1.54, 1.807) is 24.3 Å². The molecule has 0 bridgehead atoms. The van der Waals surface area contributed by atoms with Crippen LogP contribution in [0.3, 0.4) is 0 Å². The van der Waals surface area contributed by atoms with Crippen molar-refractivity contribution in [2.45, 2.75) is 11.0 Å². The van der Waals surface area contributed by atoms with E-state index in [2.05, 4.69) is 0 Å². The summed E-state index contributed by atoms with van der Waals surface area (Å²) in [6.07, 6.45) is -0.418. The maximum absolute atomic E-state index is 13.0. The molecule has 0 radical (unpaired) electrons. The fraction of sp³-hybridized carbons (Fsp3) is 0.250. The summed E-state index contributed by atoms with van der Waals surface area (Å²) in [7, 11) is -3.64. The van der Waals surface area contributed by atoms with Gasteiger partial charge in [-0.05, 0) is 35.9 Å². The van der Waals surface area contributed by atoms with Gasteiger partial charge in [0.1, 0.15) is 5.82 Å². The van der Waals surface area contributed by atoms with Gasteiger partial charge in [0.2, 0.25) is 10.0 Å².